The zero-order valence-electron chi connectivity index (χ0n) is 22.2. The minimum Gasteiger partial charge on any atom is -0.343 e. The summed E-state index contributed by atoms with van der Waals surface area (Å²) in [6.07, 6.45) is 1.55. The van der Waals surface area contributed by atoms with Crippen molar-refractivity contribution in [2.45, 2.75) is 40.7 Å². The lowest BCUT2D eigenvalue weighted by molar-refractivity contribution is -0.113. The maximum atomic E-state index is 13.8. The summed E-state index contributed by atoms with van der Waals surface area (Å²) in [7, 11) is 0. The van der Waals surface area contributed by atoms with Gasteiger partial charge in [-0.2, -0.15) is 5.10 Å². The van der Waals surface area contributed by atoms with Crippen LogP contribution in [0.4, 0.5) is 17.2 Å². The standard InChI is InChI=1S/C31H31N5O2/c1-18-9-8-11-23(16-18)34-30(37)25-17-32-36-28(24-12-7-6-10-20(24)3)27(22(5)33-29(25)36)31(38)35-26-14-13-19(2)15-21(26)4/h6-17,28,33H,1-5H3,(H,34,37)(H,35,38)/t28-/m0/s1. The largest absolute Gasteiger partial charge is 0.343 e. The first-order chi connectivity index (χ1) is 18.2. The van der Waals surface area contributed by atoms with Crippen LogP contribution in [0.25, 0.3) is 0 Å². The van der Waals surface area contributed by atoms with Crippen molar-refractivity contribution in [3.8, 4) is 0 Å². The van der Waals surface area contributed by atoms with Crippen molar-refractivity contribution in [2.24, 2.45) is 0 Å². The number of carbonyl (C=O) groups is 2. The van der Waals surface area contributed by atoms with Gasteiger partial charge in [0.05, 0.1) is 11.8 Å². The number of hydrogen-bond donors (Lipinski definition) is 3. The molecule has 4 aromatic rings. The summed E-state index contributed by atoms with van der Waals surface area (Å²) in [6, 6.07) is 21.0. The number of aromatic nitrogens is 2. The number of aryl methyl sites for hydroxylation is 4. The average molecular weight is 506 g/mol. The lowest BCUT2D eigenvalue weighted by atomic mass is 9.91. The van der Waals surface area contributed by atoms with Crippen molar-refractivity contribution in [3.63, 3.8) is 0 Å². The predicted octanol–water partition coefficient (Wildman–Crippen LogP) is 6.30. The molecule has 0 spiro atoms. The number of allylic oxidation sites excluding steroid dienone is 1. The topological polar surface area (TPSA) is 88.0 Å². The molecule has 1 aliphatic rings. The number of nitrogens with one attached hydrogen (secondary N) is 3. The average Bonchev–Trinajstić information content (AvgIpc) is 3.29. The lowest BCUT2D eigenvalue weighted by Crippen LogP contribution is -2.32. The van der Waals surface area contributed by atoms with Crippen molar-refractivity contribution in [1.82, 2.24) is 9.78 Å². The van der Waals surface area contributed by atoms with Crippen LogP contribution in [-0.4, -0.2) is 21.6 Å². The molecule has 3 N–H and O–H groups in total. The Morgan fingerprint density at radius 3 is 2.32 bits per heavy atom. The fourth-order valence-electron chi connectivity index (χ4n) is 4.96. The second-order valence-electron chi connectivity index (χ2n) is 9.87. The molecule has 0 unspecified atom stereocenters. The Bertz CT molecular complexity index is 1600. The first-order valence-electron chi connectivity index (χ1n) is 12.6. The molecule has 7 nitrogen and oxygen atoms in total. The Balaban J connectivity index is 1.56. The Hall–Kier alpha value is -4.65. The van der Waals surface area contributed by atoms with E-state index in [0.29, 0.717) is 28.3 Å². The third-order valence-electron chi connectivity index (χ3n) is 6.90. The van der Waals surface area contributed by atoms with Crippen molar-refractivity contribution in [1.29, 1.82) is 0 Å². The molecule has 1 atom stereocenters. The second kappa shape index (κ2) is 10.0. The van der Waals surface area contributed by atoms with E-state index in [4.69, 9.17) is 0 Å². The molecular formula is C31H31N5O2. The van der Waals surface area contributed by atoms with Gasteiger partial charge in [-0.1, -0.05) is 54.1 Å². The second-order valence-corrected chi connectivity index (χ2v) is 9.87. The van der Waals surface area contributed by atoms with Gasteiger partial charge in [-0.05, 0) is 75.1 Å². The van der Waals surface area contributed by atoms with Gasteiger partial charge in [-0.15, -0.1) is 0 Å². The molecule has 2 heterocycles. The van der Waals surface area contributed by atoms with Crippen molar-refractivity contribution in [2.75, 3.05) is 16.0 Å². The van der Waals surface area contributed by atoms with Crippen LogP contribution in [0.2, 0.25) is 0 Å². The van der Waals surface area contributed by atoms with E-state index >= 15 is 0 Å². The highest BCUT2D eigenvalue weighted by atomic mass is 16.2. The predicted molar refractivity (Wildman–Crippen MR) is 152 cm³/mol. The van der Waals surface area contributed by atoms with Gasteiger partial charge in [0.1, 0.15) is 17.4 Å². The molecular weight excluding hydrogens is 474 g/mol. The highest BCUT2D eigenvalue weighted by molar-refractivity contribution is 6.09. The molecule has 2 amide bonds. The van der Waals surface area contributed by atoms with Crippen LogP contribution in [0, 0.1) is 27.7 Å². The van der Waals surface area contributed by atoms with E-state index in [1.807, 2.05) is 101 Å². The molecule has 1 aliphatic heterocycles. The minimum atomic E-state index is -0.515. The summed E-state index contributed by atoms with van der Waals surface area (Å²) in [4.78, 5) is 27.1. The molecule has 3 aromatic carbocycles. The van der Waals surface area contributed by atoms with E-state index < -0.39 is 6.04 Å². The van der Waals surface area contributed by atoms with E-state index in [1.165, 1.54) is 0 Å². The van der Waals surface area contributed by atoms with Crippen molar-refractivity contribution < 1.29 is 9.59 Å². The Labute approximate surface area is 222 Å². The van der Waals surface area contributed by atoms with Gasteiger partial charge < -0.3 is 16.0 Å². The molecule has 38 heavy (non-hydrogen) atoms. The molecule has 0 fully saturated rings. The first kappa shape index (κ1) is 25.0. The highest BCUT2D eigenvalue weighted by Crippen LogP contribution is 2.39. The number of benzene rings is 3. The Morgan fingerprint density at radius 2 is 1.58 bits per heavy atom. The highest BCUT2D eigenvalue weighted by Gasteiger charge is 2.36. The van der Waals surface area contributed by atoms with E-state index in [9.17, 15) is 9.59 Å². The molecule has 0 saturated carbocycles. The molecule has 0 aliphatic carbocycles. The maximum Gasteiger partial charge on any atom is 0.261 e. The summed E-state index contributed by atoms with van der Waals surface area (Å²) in [5.41, 5.74) is 8.21. The fraction of sp³-hybridized carbons (Fsp3) is 0.194. The minimum absolute atomic E-state index is 0.220. The zero-order chi connectivity index (χ0) is 27.0. The smallest absolute Gasteiger partial charge is 0.261 e. The maximum absolute atomic E-state index is 13.8. The van der Waals surface area contributed by atoms with Crippen LogP contribution >= 0.6 is 0 Å². The SMILES string of the molecule is CC1=C(C(=O)Nc2ccc(C)cc2C)[C@H](c2ccccc2C)n2ncc(C(=O)Nc3cccc(C)c3)c2N1. The molecule has 1 aromatic heterocycles. The Morgan fingerprint density at radius 1 is 0.816 bits per heavy atom. The van der Waals surface area contributed by atoms with Crippen LogP contribution in [0.5, 0.6) is 0 Å². The molecule has 0 saturated heterocycles. The number of fused-ring (bicyclic) bond motifs is 1. The van der Waals surface area contributed by atoms with Gasteiger partial charge in [0, 0.05) is 17.1 Å². The van der Waals surface area contributed by atoms with Crippen LogP contribution < -0.4 is 16.0 Å². The monoisotopic (exact) mass is 505 g/mol. The van der Waals surface area contributed by atoms with Gasteiger partial charge in [0.2, 0.25) is 0 Å². The van der Waals surface area contributed by atoms with Gasteiger partial charge in [-0.25, -0.2) is 4.68 Å². The van der Waals surface area contributed by atoms with Gasteiger partial charge in [-0.3, -0.25) is 9.59 Å². The van der Waals surface area contributed by atoms with Crippen LogP contribution in [0.1, 0.15) is 51.1 Å². The van der Waals surface area contributed by atoms with E-state index in [1.54, 1.807) is 10.9 Å². The van der Waals surface area contributed by atoms with Crippen LogP contribution in [0.3, 0.4) is 0 Å². The number of amides is 2. The number of rotatable bonds is 5. The number of hydrogen-bond acceptors (Lipinski definition) is 4. The third kappa shape index (κ3) is 4.70. The summed E-state index contributed by atoms with van der Waals surface area (Å²) in [6.45, 7) is 9.86. The number of carbonyl (C=O) groups excluding carboxylic acids is 2. The van der Waals surface area contributed by atoms with Gasteiger partial charge >= 0.3 is 0 Å². The fourth-order valence-corrected chi connectivity index (χ4v) is 4.96. The number of nitrogens with zero attached hydrogens (tertiary/aromatic N) is 2. The third-order valence-corrected chi connectivity index (χ3v) is 6.90. The Kier molecular flexibility index (Phi) is 6.59. The number of anilines is 3. The van der Waals surface area contributed by atoms with E-state index in [-0.39, 0.29) is 11.8 Å². The van der Waals surface area contributed by atoms with Crippen LogP contribution in [0.15, 0.2) is 84.2 Å². The van der Waals surface area contributed by atoms with E-state index in [0.717, 1.165) is 33.5 Å². The summed E-state index contributed by atoms with van der Waals surface area (Å²) in [5.74, 6) is 0.0509. The normalized spacial score (nSPS) is 14.5. The summed E-state index contributed by atoms with van der Waals surface area (Å²) in [5, 5.41) is 14.0. The quantitative estimate of drug-likeness (QED) is 0.297. The lowest BCUT2D eigenvalue weighted by Gasteiger charge is -2.31. The van der Waals surface area contributed by atoms with Crippen molar-refractivity contribution in [3.05, 3.63) is 118 Å². The van der Waals surface area contributed by atoms with Crippen molar-refractivity contribution >= 4 is 29.0 Å². The molecule has 0 bridgehead atoms. The van der Waals surface area contributed by atoms with Gasteiger partial charge in [0.15, 0.2) is 0 Å². The molecule has 0 radical (unpaired) electrons. The first-order valence-corrected chi connectivity index (χ1v) is 12.6. The van der Waals surface area contributed by atoms with Gasteiger partial charge in [0.25, 0.3) is 11.8 Å². The summed E-state index contributed by atoms with van der Waals surface area (Å²) < 4.78 is 1.73. The van der Waals surface area contributed by atoms with Crippen LogP contribution in [-0.2, 0) is 4.79 Å². The zero-order valence-corrected chi connectivity index (χ0v) is 22.2. The molecule has 7 heteroatoms. The van der Waals surface area contributed by atoms with E-state index in [2.05, 4.69) is 21.0 Å². The molecule has 5 rings (SSSR count). The summed E-state index contributed by atoms with van der Waals surface area (Å²) >= 11 is 0. The molecule has 192 valence electrons.